The van der Waals surface area contributed by atoms with Crippen molar-refractivity contribution in [1.82, 2.24) is 0 Å². The summed E-state index contributed by atoms with van der Waals surface area (Å²) >= 11 is 0. The van der Waals surface area contributed by atoms with Gasteiger partial charge in [-0.25, -0.2) is 4.79 Å². The fourth-order valence-electron chi connectivity index (χ4n) is 2.89. The molecule has 0 fully saturated rings. The predicted octanol–water partition coefficient (Wildman–Crippen LogP) is 3.65. The van der Waals surface area contributed by atoms with Crippen molar-refractivity contribution >= 4 is 11.9 Å². The zero-order valence-corrected chi connectivity index (χ0v) is 15.9. The number of phenolic OH excluding ortho intramolecular Hbond substituents is 1. The van der Waals surface area contributed by atoms with E-state index < -0.39 is 11.9 Å². The van der Waals surface area contributed by atoms with Gasteiger partial charge in [-0.1, -0.05) is 25.5 Å². The van der Waals surface area contributed by atoms with E-state index in [2.05, 4.69) is 0 Å². The minimum absolute atomic E-state index is 0.0630. The smallest absolute Gasteiger partial charge is 0.335 e. The average Bonchev–Trinajstić information content (AvgIpc) is 2.67. The lowest BCUT2D eigenvalue weighted by atomic mass is 10.0. The number of aromatic hydroxyl groups is 1. The third-order valence-electron chi connectivity index (χ3n) is 4.35. The first kappa shape index (κ1) is 21.1. The maximum absolute atomic E-state index is 11.1. The third kappa shape index (κ3) is 5.16. The zero-order chi connectivity index (χ0) is 20.7. The molecular weight excluding hydrogens is 364 g/mol. The SMILES string of the molecule is CCCc1c(OCc2ccc(C(=O)O)cc2OC)ccc(CCC(=O)O)c1O. The molecule has 2 rings (SSSR count). The first-order valence-electron chi connectivity index (χ1n) is 8.95. The lowest BCUT2D eigenvalue weighted by Crippen LogP contribution is -2.05. The average molecular weight is 388 g/mol. The Morgan fingerprint density at radius 1 is 1.00 bits per heavy atom. The van der Waals surface area contributed by atoms with Crippen LogP contribution in [0.4, 0.5) is 0 Å². The van der Waals surface area contributed by atoms with E-state index in [4.69, 9.17) is 19.7 Å². The molecule has 0 aliphatic rings. The summed E-state index contributed by atoms with van der Waals surface area (Å²) in [6.07, 6.45) is 1.54. The molecule has 0 aliphatic heterocycles. The summed E-state index contributed by atoms with van der Waals surface area (Å²) in [5.74, 6) is -0.998. The van der Waals surface area contributed by atoms with Crippen LogP contribution in [0.15, 0.2) is 30.3 Å². The summed E-state index contributed by atoms with van der Waals surface area (Å²) in [5.41, 5.74) is 1.99. The molecule has 7 nitrogen and oxygen atoms in total. The Labute approximate surface area is 163 Å². The maximum atomic E-state index is 11.1. The Kier molecular flexibility index (Phi) is 7.26. The largest absolute Gasteiger partial charge is 0.507 e. The van der Waals surface area contributed by atoms with Crippen LogP contribution in [0.2, 0.25) is 0 Å². The Morgan fingerprint density at radius 2 is 1.71 bits per heavy atom. The van der Waals surface area contributed by atoms with Crippen LogP contribution in [-0.2, 0) is 24.2 Å². The third-order valence-corrected chi connectivity index (χ3v) is 4.35. The van der Waals surface area contributed by atoms with E-state index in [0.717, 1.165) is 6.42 Å². The standard InChI is InChI=1S/C21H24O7/c1-3-4-16-17(9-7-13(20(16)24)8-10-19(22)23)28-12-15-6-5-14(21(25)26)11-18(15)27-2/h5-7,9,11,24H,3-4,8,10,12H2,1-2H3,(H,22,23)(H,25,26). The van der Waals surface area contributed by atoms with Crippen molar-refractivity contribution in [2.45, 2.75) is 39.2 Å². The molecule has 28 heavy (non-hydrogen) atoms. The fraction of sp³-hybridized carbons (Fsp3) is 0.333. The molecule has 7 heteroatoms. The van der Waals surface area contributed by atoms with Crippen LogP contribution in [0.5, 0.6) is 17.2 Å². The van der Waals surface area contributed by atoms with E-state index in [1.54, 1.807) is 18.2 Å². The van der Waals surface area contributed by atoms with Gasteiger partial charge < -0.3 is 24.8 Å². The highest BCUT2D eigenvalue weighted by Crippen LogP contribution is 2.34. The van der Waals surface area contributed by atoms with Gasteiger partial charge in [0.2, 0.25) is 0 Å². The topological polar surface area (TPSA) is 113 Å². The molecule has 0 heterocycles. The van der Waals surface area contributed by atoms with E-state index in [9.17, 15) is 14.7 Å². The molecule has 0 radical (unpaired) electrons. The molecule has 150 valence electrons. The Morgan fingerprint density at radius 3 is 2.32 bits per heavy atom. The van der Waals surface area contributed by atoms with Crippen LogP contribution in [-0.4, -0.2) is 34.4 Å². The van der Waals surface area contributed by atoms with Gasteiger partial charge in [0.1, 0.15) is 23.9 Å². The van der Waals surface area contributed by atoms with Crippen molar-refractivity contribution in [2.75, 3.05) is 7.11 Å². The number of ether oxygens (including phenoxy) is 2. The second kappa shape index (κ2) is 9.64. The monoisotopic (exact) mass is 388 g/mol. The van der Waals surface area contributed by atoms with Crippen LogP contribution in [0.3, 0.4) is 0 Å². The normalized spacial score (nSPS) is 10.5. The van der Waals surface area contributed by atoms with Crippen LogP contribution in [0, 0.1) is 0 Å². The number of benzene rings is 2. The molecule has 0 saturated heterocycles. The number of aromatic carboxylic acids is 1. The van der Waals surface area contributed by atoms with Crippen molar-refractivity contribution < 1.29 is 34.4 Å². The number of aryl methyl sites for hydroxylation is 1. The van der Waals surface area contributed by atoms with Crippen molar-refractivity contribution in [2.24, 2.45) is 0 Å². The lowest BCUT2D eigenvalue weighted by Gasteiger charge is -2.16. The van der Waals surface area contributed by atoms with Crippen molar-refractivity contribution in [3.8, 4) is 17.2 Å². The van der Waals surface area contributed by atoms with Gasteiger partial charge >= 0.3 is 11.9 Å². The van der Waals surface area contributed by atoms with Gasteiger partial charge in [-0.15, -0.1) is 0 Å². The number of phenols is 1. The van der Waals surface area contributed by atoms with Crippen LogP contribution in [0.1, 0.15) is 46.8 Å². The number of methoxy groups -OCH3 is 1. The summed E-state index contributed by atoms with van der Waals surface area (Å²) in [4.78, 5) is 21.9. The van der Waals surface area contributed by atoms with E-state index >= 15 is 0 Å². The Bertz CT molecular complexity index is 858. The van der Waals surface area contributed by atoms with Gasteiger partial charge in [-0.2, -0.15) is 0 Å². The van der Waals surface area contributed by atoms with Gasteiger partial charge in [0, 0.05) is 17.5 Å². The summed E-state index contributed by atoms with van der Waals surface area (Å²) in [6.45, 7) is 2.11. The lowest BCUT2D eigenvalue weighted by molar-refractivity contribution is -0.136. The van der Waals surface area contributed by atoms with Crippen LogP contribution in [0.25, 0.3) is 0 Å². The summed E-state index contributed by atoms with van der Waals surface area (Å²) in [5, 5.41) is 28.5. The second-order valence-corrected chi connectivity index (χ2v) is 6.31. The quantitative estimate of drug-likeness (QED) is 0.569. The molecule has 0 saturated carbocycles. The minimum Gasteiger partial charge on any atom is -0.507 e. The van der Waals surface area contributed by atoms with Gasteiger partial charge in [-0.3, -0.25) is 4.79 Å². The molecule has 2 aromatic carbocycles. The van der Waals surface area contributed by atoms with Gasteiger partial charge in [-0.05, 0) is 36.6 Å². The summed E-state index contributed by atoms with van der Waals surface area (Å²) < 4.78 is 11.1. The molecule has 0 atom stereocenters. The van der Waals surface area contributed by atoms with E-state index in [1.165, 1.54) is 19.2 Å². The highest BCUT2D eigenvalue weighted by molar-refractivity contribution is 5.88. The number of aliphatic carboxylic acids is 1. The predicted molar refractivity (Wildman–Crippen MR) is 102 cm³/mol. The molecule has 0 amide bonds. The van der Waals surface area contributed by atoms with Gasteiger partial charge in [0.15, 0.2) is 0 Å². The fourth-order valence-corrected chi connectivity index (χ4v) is 2.89. The molecular formula is C21H24O7. The van der Waals surface area contributed by atoms with Gasteiger partial charge in [0.05, 0.1) is 12.7 Å². The Balaban J connectivity index is 2.25. The van der Waals surface area contributed by atoms with Crippen LogP contribution < -0.4 is 9.47 Å². The highest BCUT2D eigenvalue weighted by Gasteiger charge is 2.16. The highest BCUT2D eigenvalue weighted by atomic mass is 16.5. The maximum Gasteiger partial charge on any atom is 0.335 e. The molecule has 0 spiro atoms. The summed E-state index contributed by atoms with van der Waals surface area (Å²) in [6, 6.07) is 7.92. The molecule has 0 aliphatic carbocycles. The van der Waals surface area contributed by atoms with E-state index in [0.29, 0.717) is 34.6 Å². The van der Waals surface area contributed by atoms with Crippen molar-refractivity contribution in [3.05, 3.63) is 52.6 Å². The Hall–Kier alpha value is -3.22. The first-order chi connectivity index (χ1) is 13.4. The number of hydrogen-bond acceptors (Lipinski definition) is 5. The number of carboxylic acids is 2. The van der Waals surface area contributed by atoms with Crippen LogP contribution >= 0.6 is 0 Å². The minimum atomic E-state index is -1.04. The second-order valence-electron chi connectivity index (χ2n) is 6.31. The molecule has 0 unspecified atom stereocenters. The van der Waals surface area contributed by atoms with Crippen molar-refractivity contribution in [3.63, 3.8) is 0 Å². The number of rotatable bonds is 10. The van der Waals surface area contributed by atoms with Gasteiger partial charge in [0.25, 0.3) is 0 Å². The number of carbonyl (C=O) groups is 2. The molecule has 0 bridgehead atoms. The van der Waals surface area contributed by atoms with E-state index in [1.807, 2.05) is 6.92 Å². The molecule has 3 N–H and O–H groups in total. The molecule has 0 aromatic heterocycles. The summed E-state index contributed by atoms with van der Waals surface area (Å²) in [7, 11) is 1.45. The number of hydrogen-bond donors (Lipinski definition) is 3. The zero-order valence-electron chi connectivity index (χ0n) is 15.9. The first-order valence-corrected chi connectivity index (χ1v) is 8.95. The molecule has 2 aromatic rings. The van der Waals surface area contributed by atoms with E-state index in [-0.39, 0.29) is 30.8 Å². The number of carboxylic acid groups (broad SMARTS) is 2. The van der Waals surface area contributed by atoms with Crippen molar-refractivity contribution in [1.29, 1.82) is 0 Å².